The van der Waals surface area contributed by atoms with Crippen LogP contribution in [0.5, 0.6) is 0 Å². The molecule has 0 aliphatic heterocycles. The van der Waals surface area contributed by atoms with Crippen LogP contribution in [0.15, 0.2) is 43.0 Å². The summed E-state index contributed by atoms with van der Waals surface area (Å²) in [5.41, 5.74) is 8.54. The SMILES string of the molecule is N#CCCN(Cc1cccnc1)c1ccncc1N. The van der Waals surface area contributed by atoms with Crippen molar-refractivity contribution in [3.05, 3.63) is 48.5 Å². The van der Waals surface area contributed by atoms with Crippen LogP contribution in [0.25, 0.3) is 0 Å². The van der Waals surface area contributed by atoms with E-state index in [1.54, 1.807) is 18.6 Å². The van der Waals surface area contributed by atoms with Crippen LogP contribution >= 0.6 is 0 Å². The quantitative estimate of drug-likeness (QED) is 0.881. The fourth-order valence-corrected chi connectivity index (χ4v) is 1.87. The van der Waals surface area contributed by atoms with Crippen LogP contribution in [0, 0.1) is 11.3 Å². The Morgan fingerprint density at radius 1 is 1.21 bits per heavy atom. The second kappa shape index (κ2) is 6.36. The standard InChI is InChI=1S/C14H15N5/c15-5-2-8-19(11-12-3-1-6-17-9-12)14-4-7-18-10-13(14)16/h1,3-4,6-7,9-10H,2,8,11,16H2. The first-order chi connectivity index (χ1) is 9.31. The lowest BCUT2D eigenvalue weighted by Crippen LogP contribution is -2.24. The summed E-state index contributed by atoms with van der Waals surface area (Å²) in [5, 5.41) is 8.76. The molecule has 2 N–H and O–H groups in total. The highest BCUT2D eigenvalue weighted by molar-refractivity contribution is 5.66. The number of aromatic nitrogens is 2. The third-order valence-electron chi connectivity index (χ3n) is 2.76. The fraction of sp³-hybridized carbons (Fsp3) is 0.214. The summed E-state index contributed by atoms with van der Waals surface area (Å²) in [7, 11) is 0. The first-order valence-corrected chi connectivity index (χ1v) is 6.01. The predicted molar refractivity (Wildman–Crippen MR) is 74.2 cm³/mol. The third-order valence-corrected chi connectivity index (χ3v) is 2.76. The van der Waals surface area contributed by atoms with E-state index in [0.29, 0.717) is 25.2 Å². The van der Waals surface area contributed by atoms with E-state index in [2.05, 4.69) is 20.9 Å². The number of anilines is 2. The molecule has 2 rings (SSSR count). The number of nitrogens with zero attached hydrogens (tertiary/aromatic N) is 4. The van der Waals surface area contributed by atoms with E-state index in [1.165, 1.54) is 0 Å². The van der Waals surface area contributed by atoms with Crippen molar-refractivity contribution in [1.29, 1.82) is 5.26 Å². The Balaban J connectivity index is 2.22. The smallest absolute Gasteiger partial charge is 0.0738 e. The van der Waals surface area contributed by atoms with Gasteiger partial charge in [-0.1, -0.05) is 6.07 Å². The number of hydrogen-bond acceptors (Lipinski definition) is 5. The number of hydrogen-bond donors (Lipinski definition) is 1. The van der Waals surface area contributed by atoms with Crippen LogP contribution in [-0.4, -0.2) is 16.5 Å². The van der Waals surface area contributed by atoms with Gasteiger partial charge in [0.2, 0.25) is 0 Å². The number of rotatable bonds is 5. The lowest BCUT2D eigenvalue weighted by molar-refractivity contribution is 0.795. The Hall–Kier alpha value is -2.61. The van der Waals surface area contributed by atoms with Crippen LogP contribution < -0.4 is 10.6 Å². The molecule has 0 bridgehead atoms. The van der Waals surface area contributed by atoms with Crippen LogP contribution in [-0.2, 0) is 6.54 Å². The van der Waals surface area contributed by atoms with E-state index in [-0.39, 0.29) is 0 Å². The second-order valence-corrected chi connectivity index (χ2v) is 4.13. The Kier molecular flexibility index (Phi) is 4.29. The van der Waals surface area contributed by atoms with E-state index in [9.17, 15) is 0 Å². The van der Waals surface area contributed by atoms with Gasteiger partial charge in [0.25, 0.3) is 0 Å². The lowest BCUT2D eigenvalue weighted by atomic mass is 10.2. The van der Waals surface area contributed by atoms with Gasteiger partial charge in [-0.2, -0.15) is 5.26 Å². The summed E-state index contributed by atoms with van der Waals surface area (Å²) in [4.78, 5) is 10.2. The molecule has 0 radical (unpaired) electrons. The van der Waals surface area contributed by atoms with Crippen LogP contribution in [0.3, 0.4) is 0 Å². The Morgan fingerprint density at radius 3 is 2.74 bits per heavy atom. The van der Waals surface area contributed by atoms with Gasteiger partial charge in [0.15, 0.2) is 0 Å². The molecule has 0 amide bonds. The van der Waals surface area contributed by atoms with Crippen molar-refractivity contribution in [2.24, 2.45) is 0 Å². The molecule has 0 saturated carbocycles. The van der Waals surface area contributed by atoms with Crippen molar-refractivity contribution in [3.63, 3.8) is 0 Å². The molecule has 2 heterocycles. The Labute approximate surface area is 112 Å². The number of nitriles is 1. The van der Waals surface area contributed by atoms with Gasteiger partial charge < -0.3 is 10.6 Å². The molecule has 0 unspecified atom stereocenters. The molecule has 0 spiro atoms. The minimum Gasteiger partial charge on any atom is -0.396 e. The van der Waals surface area contributed by atoms with Gasteiger partial charge in [-0.05, 0) is 17.7 Å². The molecule has 5 heteroatoms. The van der Waals surface area contributed by atoms with E-state index in [0.717, 1.165) is 11.3 Å². The molecular formula is C14H15N5. The van der Waals surface area contributed by atoms with E-state index >= 15 is 0 Å². The minimum atomic E-state index is 0.446. The van der Waals surface area contributed by atoms with Gasteiger partial charge in [0.05, 0.1) is 30.1 Å². The van der Waals surface area contributed by atoms with Crippen molar-refractivity contribution in [2.75, 3.05) is 17.2 Å². The van der Waals surface area contributed by atoms with E-state index in [4.69, 9.17) is 11.0 Å². The molecule has 96 valence electrons. The van der Waals surface area contributed by atoms with Gasteiger partial charge >= 0.3 is 0 Å². The molecule has 2 aromatic heterocycles. The van der Waals surface area contributed by atoms with Gasteiger partial charge in [0.1, 0.15) is 0 Å². The Morgan fingerprint density at radius 2 is 2.05 bits per heavy atom. The topological polar surface area (TPSA) is 78.8 Å². The highest BCUT2D eigenvalue weighted by Gasteiger charge is 2.10. The molecule has 2 aromatic rings. The zero-order valence-electron chi connectivity index (χ0n) is 10.5. The summed E-state index contributed by atoms with van der Waals surface area (Å²) in [6.45, 7) is 1.29. The van der Waals surface area contributed by atoms with Crippen LogP contribution in [0.1, 0.15) is 12.0 Å². The van der Waals surface area contributed by atoms with Gasteiger partial charge in [0, 0.05) is 31.7 Å². The average Bonchev–Trinajstić information content (AvgIpc) is 2.45. The van der Waals surface area contributed by atoms with E-state index in [1.807, 2.05) is 24.4 Å². The summed E-state index contributed by atoms with van der Waals surface area (Å²) in [6, 6.07) is 7.92. The molecular weight excluding hydrogens is 238 g/mol. The van der Waals surface area contributed by atoms with Gasteiger partial charge in [-0.3, -0.25) is 9.97 Å². The highest BCUT2D eigenvalue weighted by Crippen LogP contribution is 2.23. The van der Waals surface area contributed by atoms with Crippen molar-refractivity contribution >= 4 is 11.4 Å². The van der Waals surface area contributed by atoms with Crippen molar-refractivity contribution in [3.8, 4) is 6.07 Å². The number of pyridine rings is 2. The van der Waals surface area contributed by atoms with Crippen molar-refractivity contribution in [2.45, 2.75) is 13.0 Å². The largest absolute Gasteiger partial charge is 0.396 e. The normalized spacial score (nSPS) is 9.84. The molecule has 0 aliphatic carbocycles. The maximum atomic E-state index is 8.76. The van der Waals surface area contributed by atoms with Crippen LogP contribution in [0.4, 0.5) is 11.4 Å². The monoisotopic (exact) mass is 253 g/mol. The van der Waals surface area contributed by atoms with Gasteiger partial charge in [-0.25, -0.2) is 0 Å². The summed E-state index contributed by atoms with van der Waals surface area (Å²) in [6.07, 6.45) is 7.33. The Bertz CT molecular complexity index is 562. The predicted octanol–water partition coefficient (Wildman–Crippen LogP) is 1.98. The summed E-state index contributed by atoms with van der Waals surface area (Å²) < 4.78 is 0. The molecule has 19 heavy (non-hydrogen) atoms. The maximum Gasteiger partial charge on any atom is 0.0738 e. The molecule has 0 atom stereocenters. The summed E-state index contributed by atoms with van der Waals surface area (Å²) in [5.74, 6) is 0. The molecule has 0 aliphatic rings. The van der Waals surface area contributed by atoms with Crippen molar-refractivity contribution < 1.29 is 0 Å². The lowest BCUT2D eigenvalue weighted by Gasteiger charge is -2.24. The third kappa shape index (κ3) is 3.42. The van der Waals surface area contributed by atoms with E-state index < -0.39 is 0 Å². The van der Waals surface area contributed by atoms with Crippen molar-refractivity contribution in [1.82, 2.24) is 9.97 Å². The van der Waals surface area contributed by atoms with Crippen LogP contribution in [0.2, 0.25) is 0 Å². The number of nitrogens with two attached hydrogens (primary N) is 1. The zero-order chi connectivity index (χ0) is 13.5. The maximum absolute atomic E-state index is 8.76. The fourth-order valence-electron chi connectivity index (χ4n) is 1.87. The zero-order valence-corrected chi connectivity index (χ0v) is 10.5. The molecule has 0 fully saturated rings. The first kappa shape index (κ1) is 12.8. The highest BCUT2D eigenvalue weighted by atomic mass is 15.1. The first-order valence-electron chi connectivity index (χ1n) is 6.01. The summed E-state index contributed by atoms with van der Waals surface area (Å²) >= 11 is 0. The second-order valence-electron chi connectivity index (χ2n) is 4.13. The minimum absolute atomic E-state index is 0.446. The number of nitrogen functional groups attached to an aromatic ring is 1. The van der Waals surface area contributed by atoms with Gasteiger partial charge in [-0.15, -0.1) is 0 Å². The average molecular weight is 253 g/mol. The molecule has 5 nitrogen and oxygen atoms in total. The molecule has 0 saturated heterocycles. The molecule has 0 aromatic carbocycles.